The summed E-state index contributed by atoms with van der Waals surface area (Å²) < 4.78 is 13.3. The first-order valence-electron chi connectivity index (χ1n) is 5.55. The van der Waals surface area contributed by atoms with E-state index in [1.165, 1.54) is 17.8 Å². The molecule has 1 nitrogen and oxygen atoms in total. The summed E-state index contributed by atoms with van der Waals surface area (Å²) in [5.41, 5.74) is 0. The molecule has 18 heavy (non-hydrogen) atoms. The second kappa shape index (κ2) is 6.71. The molecule has 0 bridgehead atoms. The van der Waals surface area contributed by atoms with Gasteiger partial charge in [0.15, 0.2) is 0 Å². The van der Waals surface area contributed by atoms with Gasteiger partial charge in [0.2, 0.25) is 0 Å². The molecule has 0 atom stereocenters. The van der Waals surface area contributed by atoms with Crippen LogP contribution in [0.3, 0.4) is 0 Å². The normalized spacial score (nSPS) is 10.5. The summed E-state index contributed by atoms with van der Waals surface area (Å²) in [6, 6.07) is 14.0. The van der Waals surface area contributed by atoms with Gasteiger partial charge in [-0.1, -0.05) is 24.3 Å². The zero-order valence-corrected chi connectivity index (χ0v) is 11.3. The number of benzene rings is 2. The lowest BCUT2D eigenvalue weighted by Crippen LogP contribution is -1.86. The zero-order valence-electron chi connectivity index (χ0n) is 9.67. The van der Waals surface area contributed by atoms with Crippen LogP contribution in [0, 0.1) is 5.82 Å². The van der Waals surface area contributed by atoms with Crippen LogP contribution in [0.1, 0.15) is 0 Å². The van der Waals surface area contributed by atoms with Gasteiger partial charge in [-0.3, -0.25) is 0 Å². The predicted octanol–water partition coefficient (Wildman–Crippen LogP) is 4.42. The van der Waals surface area contributed by atoms with E-state index in [2.05, 4.69) is 0 Å². The molecule has 0 aliphatic carbocycles. The molecule has 0 aliphatic heterocycles. The van der Waals surface area contributed by atoms with Crippen molar-refractivity contribution < 1.29 is 9.50 Å². The molecule has 0 aromatic heterocycles. The number of phenols is 1. The Balaban J connectivity index is 1.80. The maximum Gasteiger partial charge on any atom is 0.136 e. The van der Waals surface area contributed by atoms with Gasteiger partial charge in [-0.15, -0.1) is 23.5 Å². The molecule has 0 aliphatic rings. The first-order valence-corrected chi connectivity index (χ1v) is 7.52. The largest absolute Gasteiger partial charge is 0.507 e. The van der Waals surface area contributed by atoms with Crippen molar-refractivity contribution in [2.45, 2.75) is 9.79 Å². The van der Waals surface area contributed by atoms with Gasteiger partial charge in [-0.25, -0.2) is 4.39 Å². The number of aromatic hydroxyl groups is 1. The highest BCUT2D eigenvalue weighted by molar-refractivity contribution is 8.03. The van der Waals surface area contributed by atoms with Gasteiger partial charge in [0.25, 0.3) is 0 Å². The maximum atomic E-state index is 13.3. The van der Waals surface area contributed by atoms with Crippen LogP contribution in [0.15, 0.2) is 58.3 Å². The Labute approximate surface area is 114 Å². The minimum atomic E-state index is -0.171. The van der Waals surface area contributed by atoms with Gasteiger partial charge in [-0.05, 0) is 24.3 Å². The number of para-hydroxylation sites is 1. The van der Waals surface area contributed by atoms with Gasteiger partial charge in [0.1, 0.15) is 11.6 Å². The summed E-state index contributed by atoms with van der Waals surface area (Å²) in [6.07, 6.45) is 0. The van der Waals surface area contributed by atoms with E-state index in [1.807, 2.05) is 18.2 Å². The van der Waals surface area contributed by atoms with Crippen molar-refractivity contribution >= 4 is 23.5 Å². The highest BCUT2D eigenvalue weighted by Crippen LogP contribution is 2.29. The van der Waals surface area contributed by atoms with Gasteiger partial charge < -0.3 is 5.11 Å². The number of rotatable bonds is 5. The molecule has 94 valence electrons. The fourth-order valence-corrected chi connectivity index (χ4v) is 3.32. The highest BCUT2D eigenvalue weighted by Gasteiger charge is 2.03. The van der Waals surface area contributed by atoms with E-state index in [1.54, 1.807) is 36.0 Å². The van der Waals surface area contributed by atoms with E-state index in [-0.39, 0.29) is 5.82 Å². The van der Waals surface area contributed by atoms with Crippen LogP contribution in [-0.4, -0.2) is 16.6 Å². The van der Waals surface area contributed by atoms with Crippen molar-refractivity contribution in [3.8, 4) is 5.75 Å². The predicted molar refractivity (Wildman–Crippen MR) is 76.0 cm³/mol. The Hall–Kier alpha value is -1.13. The maximum absolute atomic E-state index is 13.3. The number of phenolic OH excluding ortho intramolecular Hbond substituents is 1. The molecule has 2 aromatic carbocycles. The highest BCUT2D eigenvalue weighted by atomic mass is 32.2. The average molecular weight is 280 g/mol. The summed E-state index contributed by atoms with van der Waals surface area (Å²) >= 11 is 3.07. The zero-order chi connectivity index (χ0) is 12.8. The minimum Gasteiger partial charge on any atom is -0.507 e. The Morgan fingerprint density at radius 2 is 1.39 bits per heavy atom. The topological polar surface area (TPSA) is 20.2 Å². The van der Waals surface area contributed by atoms with Gasteiger partial charge >= 0.3 is 0 Å². The van der Waals surface area contributed by atoms with Crippen molar-refractivity contribution in [3.05, 3.63) is 54.3 Å². The van der Waals surface area contributed by atoms with E-state index >= 15 is 0 Å². The molecule has 0 spiro atoms. The third-order valence-corrected chi connectivity index (χ3v) is 4.67. The van der Waals surface area contributed by atoms with Crippen LogP contribution in [0.5, 0.6) is 5.75 Å². The summed E-state index contributed by atoms with van der Waals surface area (Å²) in [7, 11) is 0. The number of thioether (sulfide) groups is 2. The summed E-state index contributed by atoms with van der Waals surface area (Å²) in [5.74, 6) is 1.77. The molecule has 0 unspecified atom stereocenters. The van der Waals surface area contributed by atoms with E-state index in [0.717, 1.165) is 16.4 Å². The van der Waals surface area contributed by atoms with Gasteiger partial charge in [-0.2, -0.15) is 0 Å². The van der Waals surface area contributed by atoms with E-state index < -0.39 is 0 Å². The van der Waals surface area contributed by atoms with Crippen molar-refractivity contribution in [2.24, 2.45) is 0 Å². The second-order valence-corrected chi connectivity index (χ2v) is 5.87. The van der Waals surface area contributed by atoms with Crippen molar-refractivity contribution in [1.29, 1.82) is 0 Å². The minimum absolute atomic E-state index is 0.171. The molecule has 2 aromatic rings. The molecular weight excluding hydrogens is 267 g/mol. The fraction of sp³-hybridized carbons (Fsp3) is 0.143. The molecule has 2 rings (SSSR count). The lowest BCUT2D eigenvalue weighted by molar-refractivity contribution is 0.462. The van der Waals surface area contributed by atoms with Crippen LogP contribution in [0.2, 0.25) is 0 Å². The van der Waals surface area contributed by atoms with Crippen molar-refractivity contribution in [2.75, 3.05) is 11.5 Å². The third kappa shape index (κ3) is 3.68. The molecule has 0 radical (unpaired) electrons. The third-order valence-electron chi connectivity index (χ3n) is 2.30. The van der Waals surface area contributed by atoms with Gasteiger partial charge in [0, 0.05) is 21.3 Å². The second-order valence-electron chi connectivity index (χ2n) is 3.60. The molecule has 0 saturated heterocycles. The Morgan fingerprint density at radius 1 is 0.833 bits per heavy atom. The van der Waals surface area contributed by atoms with Crippen LogP contribution in [-0.2, 0) is 0 Å². The van der Waals surface area contributed by atoms with E-state index in [9.17, 15) is 9.50 Å². The quantitative estimate of drug-likeness (QED) is 0.647. The summed E-state index contributed by atoms with van der Waals surface area (Å²) in [6.45, 7) is 0. The molecule has 0 amide bonds. The Bertz CT molecular complexity index is 469. The monoisotopic (exact) mass is 280 g/mol. The lowest BCUT2D eigenvalue weighted by atomic mass is 10.3. The Morgan fingerprint density at radius 3 is 2.06 bits per heavy atom. The first-order chi connectivity index (χ1) is 8.77. The number of hydrogen-bond acceptors (Lipinski definition) is 3. The molecule has 0 fully saturated rings. The fourth-order valence-electron chi connectivity index (χ4n) is 1.44. The Kier molecular flexibility index (Phi) is 4.96. The van der Waals surface area contributed by atoms with Crippen molar-refractivity contribution in [1.82, 2.24) is 0 Å². The molecule has 4 heteroatoms. The molecular formula is C14H13FOS2. The smallest absolute Gasteiger partial charge is 0.136 e. The average Bonchev–Trinajstić information content (AvgIpc) is 2.38. The summed E-state index contributed by atoms with van der Waals surface area (Å²) in [5, 5.41) is 9.58. The standard InChI is InChI=1S/C14H13FOS2/c15-11-5-1-3-7-13(11)17-9-10-18-14-8-4-2-6-12(14)16/h1-8,16H,9-10H2. The first kappa shape index (κ1) is 13.3. The van der Waals surface area contributed by atoms with Crippen LogP contribution < -0.4 is 0 Å². The summed E-state index contributed by atoms with van der Waals surface area (Å²) in [4.78, 5) is 1.54. The van der Waals surface area contributed by atoms with Gasteiger partial charge in [0.05, 0.1) is 0 Å². The lowest BCUT2D eigenvalue weighted by Gasteiger charge is -2.04. The van der Waals surface area contributed by atoms with Crippen LogP contribution >= 0.6 is 23.5 Å². The number of halogens is 1. The molecule has 0 heterocycles. The number of hydrogen-bond donors (Lipinski definition) is 1. The SMILES string of the molecule is Oc1ccccc1SCCSc1ccccc1F. The van der Waals surface area contributed by atoms with Crippen LogP contribution in [0.4, 0.5) is 4.39 Å². The molecule has 0 saturated carbocycles. The van der Waals surface area contributed by atoms with Crippen LogP contribution in [0.25, 0.3) is 0 Å². The van der Waals surface area contributed by atoms with E-state index in [4.69, 9.17) is 0 Å². The van der Waals surface area contributed by atoms with Crippen molar-refractivity contribution in [3.63, 3.8) is 0 Å². The van der Waals surface area contributed by atoms with E-state index in [0.29, 0.717) is 10.6 Å². The molecule has 1 N–H and O–H groups in total.